The number of benzene rings is 2. The molecule has 27 heavy (non-hydrogen) atoms. The second kappa shape index (κ2) is 7.77. The van der Waals surface area contributed by atoms with Gasteiger partial charge >= 0.3 is 0 Å². The maximum absolute atomic E-state index is 5.72. The van der Waals surface area contributed by atoms with Crippen molar-refractivity contribution in [1.82, 2.24) is 10.2 Å². The number of ether oxygens (including phenoxy) is 2. The fraction of sp³-hybridized carbons (Fsp3) is 0.409. The SMILES string of the molecule is CC(C)c1ccc(CN(C(=S)NCc2ccc3c(c2)OCO3)C2CC2)cc1. The molecule has 1 heterocycles. The summed E-state index contributed by atoms with van der Waals surface area (Å²) >= 11 is 5.72. The third-order valence-corrected chi connectivity index (χ3v) is 5.51. The van der Waals surface area contributed by atoms with Gasteiger partial charge in [-0.15, -0.1) is 0 Å². The fourth-order valence-electron chi connectivity index (χ4n) is 3.29. The van der Waals surface area contributed by atoms with Crippen molar-refractivity contribution < 1.29 is 9.47 Å². The number of hydrogen-bond acceptors (Lipinski definition) is 3. The van der Waals surface area contributed by atoms with Crippen LogP contribution in [0.25, 0.3) is 0 Å². The zero-order valence-electron chi connectivity index (χ0n) is 15.9. The van der Waals surface area contributed by atoms with E-state index >= 15 is 0 Å². The van der Waals surface area contributed by atoms with Gasteiger partial charge in [0, 0.05) is 19.1 Å². The summed E-state index contributed by atoms with van der Waals surface area (Å²) in [4.78, 5) is 2.33. The molecule has 0 radical (unpaired) electrons. The second-order valence-corrected chi connectivity index (χ2v) is 7.99. The lowest BCUT2D eigenvalue weighted by atomic mass is 10.0. The summed E-state index contributed by atoms with van der Waals surface area (Å²) in [6.07, 6.45) is 2.44. The predicted molar refractivity (Wildman–Crippen MR) is 111 cm³/mol. The van der Waals surface area contributed by atoms with Crippen molar-refractivity contribution in [2.75, 3.05) is 6.79 Å². The zero-order valence-corrected chi connectivity index (χ0v) is 16.7. The molecule has 1 N–H and O–H groups in total. The van der Waals surface area contributed by atoms with E-state index < -0.39 is 0 Å². The molecule has 1 fully saturated rings. The van der Waals surface area contributed by atoms with Crippen LogP contribution < -0.4 is 14.8 Å². The Morgan fingerprint density at radius 1 is 1.07 bits per heavy atom. The molecular weight excluding hydrogens is 356 g/mol. The van der Waals surface area contributed by atoms with E-state index in [1.807, 2.05) is 12.1 Å². The molecule has 0 bridgehead atoms. The highest BCUT2D eigenvalue weighted by Gasteiger charge is 2.30. The first-order valence-electron chi connectivity index (χ1n) is 9.62. The van der Waals surface area contributed by atoms with Gasteiger partial charge in [-0.3, -0.25) is 0 Å². The Labute approximate surface area is 166 Å². The first kappa shape index (κ1) is 18.1. The van der Waals surface area contributed by atoms with Gasteiger partial charge in [0.1, 0.15) is 0 Å². The average molecular weight is 383 g/mol. The van der Waals surface area contributed by atoms with Crippen molar-refractivity contribution in [3.8, 4) is 11.5 Å². The van der Waals surface area contributed by atoms with Gasteiger partial charge < -0.3 is 19.7 Å². The Hall–Kier alpha value is -2.27. The molecule has 1 aliphatic heterocycles. The minimum absolute atomic E-state index is 0.301. The number of rotatable bonds is 6. The monoisotopic (exact) mass is 382 g/mol. The van der Waals surface area contributed by atoms with Crippen LogP contribution in [0, 0.1) is 0 Å². The molecule has 1 saturated carbocycles. The van der Waals surface area contributed by atoms with Gasteiger partial charge in [-0.1, -0.05) is 44.2 Å². The molecule has 0 atom stereocenters. The normalized spacial score (nSPS) is 15.1. The Kier molecular flexibility index (Phi) is 5.21. The summed E-state index contributed by atoms with van der Waals surface area (Å²) < 4.78 is 10.8. The van der Waals surface area contributed by atoms with E-state index in [2.05, 4.69) is 54.4 Å². The Morgan fingerprint density at radius 2 is 1.78 bits per heavy atom. The lowest BCUT2D eigenvalue weighted by molar-refractivity contribution is 0.174. The van der Waals surface area contributed by atoms with Crippen molar-refractivity contribution in [1.29, 1.82) is 0 Å². The van der Waals surface area contributed by atoms with E-state index in [4.69, 9.17) is 21.7 Å². The predicted octanol–water partition coefficient (Wildman–Crippen LogP) is 4.58. The van der Waals surface area contributed by atoms with Gasteiger partial charge in [-0.2, -0.15) is 0 Å². The van der Waals surface area contributed by atoms with E-state index in [9.17, 15) is 0 Å². The maximum atomic E-state index is 5.72. The molecule has 5 heteroatoms. The summed E-state index contributed by atoms with van der Waals surface area (Å²) in [5.74, 6) is 2.18. The van der Waals surface area contributed by atoms with E-state index in [1.165, 1.54) is 24.0 Å². The van der Waals surface area contributed by atoms with Crippen molar-refractivity contribution in [3.05, 3.63) is 59.2 Å². The molecule has 4 nitrogen and oxygen atoms in total. The topological polar surface area (TPSA) is 33.7 Å². The summed E-state index contributed by atoms with van der Waals surface area (Å²) in [5, 5.41) is 4.24. The van der Waals surface area contributed by atoms with Crippen molar-refractivity contribution in [3.63, 3.8) is 0 Å². The molecule has 2 aliphatic rings. The summed E-state index contributed by atoms with van der Waals surface area (Å²) in [7, 11) is 0. The fourth-order valence-corrected chi connectivity index (χ4v) is 3.57. The second-order valence-electron chi connectivity index (χ2n) is 7.60. The van der Waals surface area contributed by atoms with E-state index in [0.29, 0.717) is 25.3 Å². The van der Waals surface area contributed by atoms with Crippen LogP contribution in [-0.2, 0) is 13.1 Å². The highest BCUT2D eigenvalue weighted by Crippen LogP contribution is 2.32. The lowest BCUT2D eigenvalue weighted by Crippen LogP contribution is -2.40. The maximum Gasteiger partial charge on any atom is 0.231 e. The number of hydrogen-bond donors (Lipinski definition) is 1. The number of fused-ring (bicyclic) bond motifs is 1. The molecule has 0 amide bonds. The van der Waals surface area contributed by atoms with Gasteiger partial charge in [0.15, 0.2) is 16.6 Å². The minimum Gasteiger partial charge on any atom is -0.454 e. The van der Waals surface area contributed by atoms with E-state index in [1.54, 1.807) is 0 Å². The van der Waals surface area contributed by atoms with Crippen molar-refractivity contribution >= 4 is 17.3 Å². The third kappa shape index (κ3) is 4.35. The molecule has 1 aliphatic carbocycles. The van der Waals surface area contributed by atoms with Gasteiger partial charge in [-0.25, -0.2) is 0 Å². The zero-order chi connectivity index (χ0) is 18.8. The van der Waals surface area contributed by atoms with Crippen LogP contribution >= 0.6 is 12.2 Å². The van der Waals surface area contributed by atoms with Crippen LogP contribution in [0.3, 0.4) is 0 Å². The Balaban J connectivity index is 1.37. The lowest BCUT2D eigenvalue weighted by Gasteiger charge is -2.26. The van der Waals surface area contributed by atoms with Crippen LogP contribution in [0.2, 0.25) is 0 Å². The number of nitrogens with one attached hydrogen (secondary N) is 1. The first-order chi connectivity index (χ1) is 13.1. The third-order valence-electron chi connectivity index (χ3n) is 5.13. The number of thiocarbonyl (C=S) groups is 1. The highest BCUT2D eigenvalue weighted by molar-refractivity contribution is 7.80. The van der Waals surface area contributed by atoms with Gasteiger partial charge in [0.2, 0.25) is 6.79 Å². The Bertz CT molecular complexity index is 816. The van der Waals surface area contributed by atoms with Crippen LogP contribution in [0.5, 0.6) is 11.5 Å². The van der Waals surface area contributed by atoms with Crippen LogP contribution in [0.1, 0.15) is 49.3 Å². The molecule has 0 saturated heterocycles. The molecule has 0 aromatic heterocycles. The average Bonchev–Trinajstić information content (AvgIpc) is 3.41. The van der Waals surface area contributed by atoms with E-state index in [-0.39, 0.29) is 0 Å². The smallest absolute Gasteiger partial charge is 0.231 e. The standard InChI is InChI=1S/C22H26N2O2S/c1-15(2)18-6-3-16(4-7-18)13-24(19-8-9-19)22(27)23-12-17-5-10-20-21(11-17)26-14-25-20/h3-7,10-11,15,19H,8-9,12-14H2,1-2H3,(H,23,27). The summed E-state index contributed by atoms with van der Waals surface area (Å²) in [6, 6.07) is 15.5. The van der Waals surface area contributed by atoms with Crippen LogP contribution in [0.15, 0.2) is 42.5 Å². The molecule has 142 valence electrons. The molecule has 0 unspecified atom stereocenters. The first-order valence-corrected chi connectivity index (χ1v) is 10.0. The molecule has 2 aromatic rings. The molecule has 2 aromatic carbocycles. The van der Waals surface area contributed by atoms with Crippen LogP contribution in [0.4, 0.5) is 0 Å². The number of nitrogens with zero attached hydrogens (tertiary/aromatic N) is 1. The van der Waals surface area contributed by atoms with Crippen molar-refractivity contribution in [2.45, 2.75) is 51.7 Å². The quantitative estimate of drug-likeness (QED) is 0.740. The molecule has 0 spiro atoms. The highest BCUT2D eigenvalue weighted by atomic mass is 32.1. The van der Waals surface area contributed by atoms with E-state index in [0.717, 1.165) is 28.7 Å². The van der Waals surface area contributed by atoms with Gasteiger partial charge in [0.25, 0.3) is 0 Å². The molecule has 4 rings (SSSR count). The summed E-state index contributed by atoms with van der Waals surface area (Å²) in [6.45, 7) is 6.29. The largest absolute Gasteiger partial charge is 0.454 e. The summed E-state index contributed by atoms with van der Waals surface area (Å²) in [5.41, 5.74) is 3.82. The molecular formula is C22H26N2O2S. The van der Waals surface area contributed by atoms with Gasteiger partial charge in [-0.05, 0) is 59.8 Å². The minimum atomic E-state index is 0.301. The van der Waals surface area contributed by atoms with Crippen molar-refractivity contribution in [2.24, 2.45) is 0 Å². The Morgan fingerprint density at radius 3 is 2.48 bits per heavy atom. The van der Waals surface area contributed by atoms with Crippen LogP contribution in [-0.4, -0.2) is 22.8 Å². The van der Waals surface area contributed by atoms with Gasteiger partial charge in [0.05, 0.1) is 0 Å².